The number of hydrogen-bond acceptors (Lipinski definition) is 5. The predicted octanol–water partition coefficient (Wildman–Crippen LogP) is 3.12. The Balaban J connectivity index is 1.60. The van der Waals surface area contributed by atoms with Crippen LogP contribution in [0.4, 0.5) is 5.69 Å². The number of nitrogens with zero attached hydrogens (tertiary/aromatic N) is 1. The summed E-state index contributed by atoms with van der Waals surface area (Å²) in [7, 11) is 1.90. The van der Waals surface area contributed by atoms with Crippen LogP contribution >= 0.6 is 0 Å². The molecule has 0 aromatic heterocycles. The van der Waals surface area contributed by atoms with Crippen LogP contribution in [0.1, 0.15) is 29.8 Å². The summed E-state index contributed by atoms with van der Waals surface area (Å²) in [6, 6.07) is 12.4. The van der Waals surface area contributed by atoms with E-state index in [1.807, 2.05) is 37.1 Å². The zero-order chi connectivity index (χ0) is 19.4. The highest BCUT2D eigenvalue weighted by Crippen LogP contribution is 2.31. The first-order valence-electron chi connectivity index (χ1n) is 8.94. The molecule has 1 atom stereocenters. The molecule has 1 N–H and O–H groups in total. The van der Waals surface area contributed by atoms with E-state index in [2.05, 4.69) is 5.32 Å². The molecule has 6 heteroatoms. The minimum Gasteiger partial charge on any atom is -0.486 e. The van der Waals surface area contributed by atoms with Crippen molar-refractivity contribution < 1.29 is 19.1 Å². The number of fused-ring (bicyclic) bond motifs is 1. The summed E-state index contributed by atoms with van der Waals surface area (Å²) in [5.74, 6) is 1.40. The summed E-state index contributed by atoms with van der Waals surface area (Å²) in [5, 5.41) is 2.89. The second kappa shape index (κ2) is 8.22. The van der Waals surface area contributed by atoms with Gasteiger partial charge in [0.2, 0.25) is 5.91 Å². The number of ether oxygens (including phenoxy) is 2. The van der Waals surface area contributed by atoms with Crippen LogP contribution in [-0.2, 0) is 11.3 Å². The second-order valence-corrected chi connectivity index (χ2v) is 6.69. The van der Waals surface area contributed by atoms with Gasteiger partial charge in [-0.25, -0.2) is 0 Å². The summed E-state index contributed by atoms with van der Waals surface area (Å²) >= 11 is 0. The van der Waals surface area contributed by atoms with Gasteiger partial charge in [0.1, 0.15) is 13.2 Å². The summed E-state index contributed by atoms with van der Waals surface area (Å²) in [6.07, 6.45) is 0. The van der Waals surface area contributed by atoms with Gasteiger partial charge in [-0.2, -0.15) is 0 Å². The molecule has 0 radical (unpaired) electrons. The molecule has 1 heterocycles. The van der Waals surface area contributed by atoms with Crippen molar-refractivity contribution >= 4 is 17.4 Å². The van der Waals surface area contributed by atoms with Crippen LogP contribution < -0.4 is 14.8 Å². The monoisotopic (exact) mass is 368 g/mol. The van der Waals surface area contributed by atoms with Crippen molar-refractivity contribution in [3.63, 3.8) is 0 Å². The minimum atomic E-state index is -0.328. The molecular formula is C21H24N2O4. The number of hydrogen-bond donors (Lipinski definition) is 1. The topological polar surface area (TPSA) is 67.9 Å². The number of benzene rings is 2. The molecule has 2 aromatic rings. The standard InChI is InChI=1S/C21H24N2O4/c1-14(21(25)22-18-7-5-17(6-8-18)15(2)24)23(3)13-16-4-9-19-20(12-16)27-11-10-26-19/h4-9,12,14H,10-11,13H2,1-3H3,(H,22,25). The second-order valence-electron chi connectivity index (χ2n) is 6.69. The third-order valence-corrected chi connectivity index (χ3v) is 4.64. The van der Waals surface area contributed by atoms with Gasteiger partial charge in [-0.05, 0) is 62.9 Å². The fraction of sp³-hybridized carbons (Fsp3) is 0.333. The maximum absolute atomic E-state index is 12.5. The van der Waals surface area contributed by atoms with Gasteiger partial charge >= 0.3 is 0 Å². The Hall–Kier alpha value is -2.86. The van der Waals surface area contributed by atoms with Crippen molar-refractivity contribution in [3.05, 3.63) is 53.6 Å². The Kier molecular flexibility index (Phi) is 5.76. The maximum atomic E-state index is 12.5. The average Bonchev–Trinajstić information content (AvgIpc) is 2.67. The molecule has 0 fully saturated rings. The quantitative estimate of drug-likeness (QED) is 0.794. The van der Waals surface area contributed by atoms with Crippen molar-refractivity contribution in [1.82, 2.24) is 4.90 Å². The van der Waals surface area contributed by atoms with Gasteiger partial charge in [0.25, 0.3) is 0 Å². The van der Waals surface area contributed by atoms with Crippen LogP contribution in [0.5, 0.6) is 11.5 Å². The predicted molar refractivity (Wildman–Crippen MR) is 103 cm³/mol. The lowest BCUT2D eigenvalue weighted by molar-refractivity contribution is -0.120. The van der Waals surface area contributed by atoms with Crippen molar-refractivity contribution in [2.75, 3.05) is 25.6 Å². The van der Waals surface area contributed by atoms with Crippen LogP contribution in [0.15, 0.2) is 42.5 Å². The van der Waals surface area contributed by atoms with E-state index < -0.39 is 0 Å². The Bertz CT molecular complexity index is 833. The Morgan fingerprint density at radius 1 is 1.07 bits per heavy atom. The number of likely N-dealkylation sites (N-methyl/N-ethyl adjacent to an activating group) is 1. The number of ketones is 1. The maximum Gasteiger partial charge on any atom is 0.241 e. The highest BCUT2D eigenvalue weighted by molar-refractivity contribution is 5.96. The molecule has 0 saturated carbocycles. The molecule has 1 aliphatic rings. The van der Waals surface area contributed by atoms with Gasteiger partial charge in [-0.1, -0.05) is 6.07 Å². The smallest absolute Gasteiger partial charge is 0.241 e. The highest BCUT2D eigenvalue weighted by Gasteiger charge is 2.19. The van der Waals surface area contributed by atoms with Gasteiger partial charge in [-0.15, -0.1) is 0 Å². The number of carbonyl (C=O) groups excluding carboxylic acids is 2. The lowest BCUT2D eigenvalue weighted by Gasteiger charge is -2.25. The van der Waals surface area contributed by atoms with Gasteiger partial charge in [0.05, 0.1) is 6.04 Å². The Morgan fingerprint density at radius 3 is 2.41 bits per heavy atom. The fourth-order valence-corrected chi connectivity index (χ4v) is 2.85. The SMILES string of the molecule is CC(=O)c1ccc(NC(=O)C(C)N(C)Cc2ccc3c(c2)OCCO3)cc1. The van der Waals surface area contributed by atoms with Crippen LogP contribution in [0.2, 0.25) is 0 Å². The fourth-order valence-electron chi connectivity index (χ4n) is 2.85. The van der Waals surface area contributed by atoms with Gasteiger partial charge in [-0.3, -0.25) is 14.5 Å². The van der Waals surface area contributed by atoms with E-state index in [4.69, 9.17) is 9.47 Å². The first kappa shape index (κ1) is 18.9. The van der Waals surface area contributed by atoms with Crippen LogP contribution in [0.3, 0.4) is 0 Å². The summed E-state index contributed by atoms with van der Waals surface area (Å²) in [6.45, 7) is 5.10. The van der Waals surface area contributed by atoms with Crippen LogP contribution in [0, 0.1) is 0 Å². The number of amides is 1. The lowest BCUT2D eigenvalue weighted by atomic mass is 10.1. The van der Waals surface area contributed by atoms with E-state index in [9.17, 15) is 9.59 Å². The van der Waals surface area contributed by atoms with E-state index in [0.717, 1.165) is 17.1 Å². The average molecular weight is 368 g/mol. The summed E-state index contributed by atoms with van der Waals surface area (Å²) in [4.78, 5) is 25.8. The van der Waals surface area contributed by atoms with Gasteiger partial charge in [0, 0.05) is 17.8 Å². The Labute approximate surface area is 159 Å². The Morgan fingerprint density at radius 2 is 1.74 bits per heavy atom. The molecule has 1 unspecified atom stereocenters. The number of rotatable bonds is 6. The van der Waals surface area contributed by atoms with E-state index in [0.29, 0.717) is 31.0 Å². The molecule has 0 spiro atoms. The molecule has 6 nitrogen and oxygen atoms in total. The molecule has 3 rings (SSSR count). The lowest BCUT2D eigenvalue weighted by Crippen LogP contribution is -2.39. The largest absolute Gasteiger partial charge is 0.486 e. The summed E-state index contributed by atoms with van der Waals surface area (Å²) in [5.41, 5.74) is 2.34. The van der Waals surface area contributed by atoms with Gasteiger partial charge < -0.3 is 14.8 Å². The third kappa shape index (κ3) is 4.65. The number of carbonyl (C=O) groups is 2. The first-order valence-corrected chi connectivity index (χ1v) is 8.94. The van der Waals surface area contributed by atoms with E-state index in [1.54, 1.807) is 24.3 Å². The molecule has 142 valence electrons. The molecule has 1 amide bonds. The molecule has 0 bridgehead atoms. The molecule has 0 saturated heterocycles. The number of Topliss-reactive ketones (excluding diaryl/α,β-unsaturated/α-hetero) is 1. The molecule has 2 aromatic carbocycles. The van der Waals surface area contributed by atoms with Crippen molar-refractivity contribution in [2.24, 2.45) is 0 Å². The van der Waals surface area contributed by atoms with Crippen molar-refractivity contribution in [1.29, 1.82) is 0 Å². The van der Waals surface area contributed by atoms with Crippen LogP contribution in [0.25, 0.3) is 0 Å². The molecule has 0 aliphatic carbocycles. The zero-order valence-electron chi connectivity index (χ0n) is 15.8. The summed E-state index contributed by atoms with van der Waals surface area (Å²) < 4.78 is 11.1. The van der Waals surface area contributed by atoms with Crippen LogP contribution in [-0.4, -0.2) is 42.9 Å². The number of anilines is 1. The van der Waals surface area contributed by atoms with Gasteiger partial charge in [0.15, 0.2) is 17.3 Å². The zero-order valence-corrected chi connectivity index (χ0v) is 15.8. The normalized spacial score (nSPS) is 13.9. The molecule has 1 aliphatic heterocycles. The first-order chi connectivity index (χ1) is 12.9. The number of nitrogens with one attached hydrogen (secondary N) is 1. The van der Waals surface area contributed by atoms with E-state index >= 15 is 0 Å². The minimum absolute atomic E-state index is 0.000377. The van der Waals surface area contributed by atoms with E-state index in [-0.39, 0.29) is 17.7 Å². The van der Waals surface area contributed by atoms with Crippen molar-refractivity contribution in [3.8, 4) is 11.5 Å². The molecular weight excluding hydrogens is 344 g/mol. The van der Waals surface area contributed by atoms with E-state index in [1.165, 1.54) is 6.92 Å². The third-order valence-electron chi connectivity index (χ3n) is 4.64. The highest BCUT2D eigenvalue weighted by atomic mass is 16.6. The van der Waals surface area contributed by atoms with Crippen molar-refractivity contribution in [2.45, 2.75) is 26.4 Å². The molecule has 27 heavy (non-hydrogen) atoms.